The lowest BCUT2D eigenvalue weighted by atomic mass is 10.2. The lowest BCUT2D eigenvalue weighted by Gasteiger charge is -2.33. The van der Waals surface area contributed by atoms with Crippen molar-refractivity contribution in [2.24, 2.45) is 16.6 Å². The first-order chi connectivity index (χ1) is 10.6. The summed E-state index contributed by atoms with van der Waals surface area (Å²) in [6.07, 6.45) is 1.14. The molecule has 3 N–H and O–H groups in total. The molecular weight excluding hydrogens is 296 g/mol. The Morgan fingerprint density at radius 2 is 2.45 bits per heavy atom. The molecule has 1 atom stereocenters. The van der Waals surface area contributed by atoms with Gasteiger partial charge in [-0.3, -0.25) is 9.89 Å². The quantitative estimate of drug-likeness (QED) is 0.590. The van der Waals surface area contributed by atoms with Gasteiger partial charge in [0.2, 0.25) is 0 Å². The summed E-state index contributed by atoms with van der Waals surface area (Å²) in [5, 5.41) is 5.26. The number of rotatable bonds is 7. The van der Waals surface area contributed by atoms with Gasteiger partial charge in [0.05, 0.1) is 19.3 Å². The molecule has 1 aromatic rings. The van der Waals surface area contributed by atoms with Crippen molar-refractivity contribution in [2.75, 3.05) is 39.3 Å². The zero-order valence-corrected chi connectivity index (χ0v) is 14.4. The standard InChI is InChI=1S/C16H28N4OS/c1-13(2)11-20-7-8-21-14(12-20)10-19-16(17)18-6-5-15-4-3-9-22-15/h3-4,9,13-14H,5-8,10-12H2,1-2H3,(H3,17,18,19). The normalized spacial score (nSPS) is 20.5. The maximum Gasteiger partial charge on any atom is 0.188 e. The molecule has 1 aromatic heterocycles. The number of guanidine groups is 1. The van der Waals surface area contributed by atoms with Crippen molar-refractivity contribution in [3.63, 3.8) is 0 Å². The molecule has 124 valence electrons. The molecule has 0 aliphatic carbocycles. The summed E-state index contributed by atoms with van der Waals surface area (Å²) in [7, 11) is 0. The predicted octanol–water partition coefficient (Wildman–Crippen LogP) is 1.55. The van der Waals surface area contributed by atoms with Crippen LogP contribution in [0.5, 0.6) is 0 Å². The Labute approximate surface area is 137 Å². The van der Waals surface area contributed by atoms with Crippen molar-refractivity contribution >= 4 is 17.3 Å². The van der Waals surface area contributed by atoms with Gasteiger partial charge in [-0.05, 0) is 23.8 Å². The summed E-state index contributed by atoms with van der Waals surface area (Å²) in [4.78, 5) is 8.23. The third kappa shape index (κ3) is 6.34. The van der Waals surface area contributed by atoms with Crippen LogP contribution in [-0.2, 0) is 11.2 Å². The van der Waals surface area contributed by atoms with Gasteiger partial charge in [0.25, 0.3) is 0 Å². The van der Waals surface area contributed by atoms with E-state index in [0.717, 1.165) is 39.2 Å². The Morgan fingerprint density at radius 1 is 1.59 bits per heavy atom. The first-order valence-corrected chi connectivity index (χ1v) is 8.91. The van der Waals surface area contributed by atoms with Crippen molar-refractivity contribution in [2.45, 2.75) is 26.4 Å². The zero-order valence-electron chi connectivity index (χ0n) is 13.6. The van der Waals surface area contributed by atoms with Crippen LogP contribution in [0.4, 0.5) is 0 Å². The second-order valence-corrected chi connectivity index (χ2v) is 7.16. The van der Waals surface area contributed by atoms with E-state index in [-0.39, 0.29) is 6.10 Å². The van der Waals surface area contributed by atoms with E-state index in [9.17, 15) is 0 Å². The van der Waals surface area contributed by atoms with Gasteiger partial charge in [-0.25, -0.2) is 0 Å². The SMILES string of the molecule is CC(C)CN1CCOC(CN=C(N)NCCc2cccs2)C1. The second kappa shape index (κ2) is 9.12. The summed E-state index contributed by atoms with van der Waals surface area (Å²) in [6, 6.07) is 4.21. The molecule has 1 unspecified atom stereocenters. The van der Waals surface area contributed by atoms with Gasteiger partial charge in [-0.1, -0.05) is 19.9 Å². The number of thiophene rings is 1. The number of nitrogens with zero attached hydrogens (tertiary/aromatic N) is 2. The van der Waals surface area contributed by atoms with Crippen molar-refractivity contribution in [3.05, 3.63) is 22.4 Å². The molecule has 0 saturated carbocycles. The van der Waals surface area contributed by atoms with E-state index >= 15 is 0 Å². The highest BCUT2D eigenvalue weighted by atomic mass is 32.1. The molecule has 0 bridgehead atoms. The molecule has 1 saturated heterocycles. The predicted molar refractivity (Wildman–Crippen MR) is 93.5 cm³/mol. The van der Waals surface area contributed by atoms with E-state index < -0.39 is 0 Å². The van der Waals surface area contributed by atoms with E-state index in [1.807, 2.05) is 0 Å². The first-order valence-electron chi connectivity index (χ1n) is 8.03. The lowest BCUT2D eigenvalue weighted by molar-refractivity contribution is -0.0261. The van der Waals surface area contributed by atoms with E-state index in [1.54, 1.807) is 11.3 Å². The number of aliphatic imine (C=N–C) groups is 1. The average molecular weight is 324 g/mol. The molecule has 1 aliphatic heterocycles. The topological polar surface area (TPSA) is 62.9 Å². The Bertz CT molecular complexity index is 447. The van der Waals surface area contributed by atoms with Crippen molar-refractivity contribution in [3.8, 4) is 0 Å². The first kappa shape index (κ1) is 17.2. The van der Waals surface area contributed by atoms with Crippen LogP contribution in [0.25, 0.3) is 0 Å². The van der Waals surface area contributed by atoms with Gasteiger partial charge in [0.1, 0.15) is 0 Å². The van der Waals surface area contributed by atoms with Gasteiger partial charge in [-0.2, -0.15) is 0 Å². The molecule has 0 amide bonds. The number of hydrogen-bond donors (Lipinski definition) is 2. The average Bonchev–Trinajstić information content (AvgIpc) is 2.98. The molecule has 0 spiro atoms. The van der Waals surface area contributed by atoms with Crippen molar-refractivity contribution < 1.29 is 4.74 Å². The third-order valence-electron chi connectivity index (χ3n) is 3.57. The Kier molecular flexibility index (Phi) is 7.15. The van der Waals surface area contributed by atoms with E-state index in [4.69, 9.17) is 10.5 Å². The van der Waals surface area contributed by atoms with Gasteiger partial charge >= 0.3 is 0 Å². The minimum atomic E-state index is 0.158. The summed E-state index contributed by atoms with van der Waals surface area (Å²) in [5.41, 5.74) is 5.92. The van der Waals surface area contributed by atoms with E-state index in [0.29, 0.717) is 18.4 Å². The summed E-state index contributed by atoms with van der Waals surface area (Å²) >= 11 is 1.77. The molecule has 2 heterocycles. The summed E-state index contributed by atoms with van der Waals surface area (Å²) in [6.45, 7) is 9.83. The Morgan fingerprint density at radius 3 is 3.18 bits per heavy atom. The monoisotopic (exact) mass is 324 g/mol. The molecule has 1 aliphatic rings. The summed E-state index contributed by atoms with van der Waals surface area (Å²) < 4.78 is 5.77. The Hall–Kier alpha value is -1.11. The highest BCUT2D eigenvalue weighted by molar-refractivity contribution is 7.09. The smallest absolute Gasteiger partial charge is 0.188 e. The fourth-order valence-corrected chi connectivity index (χ4v) is 3.31. The fourth-order valence-electron chi connectivity index (χ4n) is 2.60. The zero-order chi connectivity index (χ0) is 15.8. The van der Waals surface area contributed by atoms with Crippen LogP contribution < -0.4 is 11.1 Å². The molecule has 6 heteroatoms. The molecule has 5 nitrogen and oxygen atoms in total. The molecule has 0 aromatic carbocycles. The van der Waals surface area contributed by atoms with Crippen molar-refractivity contribution in [1.29, 1.82) is 0 Å². The van der Waals surface area contributed by atoms with E-state index in [2.05, 4.69) is 46.6 Å². The van der Waals surface area contributed by atoms with Gasteiger partial charge < -0.3 is 15.8 Å². The number of ether oxygens (including phenoxy) is 1. The molecule has 22 heavy (non-hydrogen) atoms. The van der Waals surface area contributed by atoms with Crippen LogP contribution in [0.1, 0.15) is 18.7 Å². The highest BCUT2D eigenvalue weighted by Gasteiger charge is 2.20. The van der Waals surface area contributed by atoms with Crippen LogP contribution in [0.15, 0.2) is 22.5 Å². The number of morpholine rings is 1. The van der Waals surface area contributed by atoms with Crippen LogP contribution in [0.3, 0.4) is 0 Å². The van der Waals surface area contributed by atoms with Crippen molar-refractivity contribution in [1.82, 2.24) is 10.2 Å². The van der Waals surface area contributed by atoms with E-state index in [1.165, 1.54) is 4.88 Å². The van der Waals surface area contributed by atoms with Crippen LogP contribution >= 0.6 is 11.3 Å². The Balaban J connectivity index is 1.66. The number of nitrogens with two attached hydrogens (primary N) is 1. The maximum absolute atomic E-state index is 5.92. The van der Waals surface area contributed by atoms with Gasteiger partial charge in [-0.15, -0.1) is 11.3 Å². The molecule has 0 radical (unpaired) electrons. The molecular formula is C16H28N4OS. The largest absolute Gasteiger partial charge is 0.374 e. The second-order valence-electron chi connectivity index (χ2n) is 6.13. The maximum atomic E-state index is 5.92. The highest BCUT2D eigenvalue weighted by Crippen LogP contribution is 2.09. The number of hydrogen-bond acceptors (Lipinski definition) is 4. The van der Waals surface area contributed by atoms with Gasteiger partial charge in [0.15, 0.2) is 5.96 Å². The third-order valence-corrected chi connectivity index (χ3v) is 4.51. The van der Waals surface area contributed by atoms with Gasteiger partial charge in [0, 0.05) is 31.1 Å². The lowest BCUT2D eigenvalue weighted by Crippen LogP contribution is -2.45. The molecule has 1 fully saturated rings. The number of nitrogens with one attached hydrogen (secondary N) is 1. The van der Waals surface area contributed by atoms with Crippen LogP contribution in [-0.4, -0.2) is 56.3 Å². The minimum absolute atomic E-state index is 0.158. The van der Waals surface area contributed by atoms with Crippen LogP contribution in [0.2, 0.25) is 0 Å². The minimum Gasteiger partial charge on any atom is -0.374 e. The fraction of sp³-hybridized carbons (Fsp3) is 0.688. The molecule has 2 rings (SSSR count). The summed E-state index contributed by atoms with van der Waals surface area (Å²) in [5.74, 6) is 1.20. The van der Waals surface area contributed by atoms with Crippen LogP contribution in [0, 0.1) is 5.92 Å².